The zero-order chi connectivity index (χ0) is 13.7. The maximum absolute atomic E-state index is 11.5. The highest BCUT2D eigenvalue weighted by Crippen LogP contribution is 2.15. The van der Waals surface area contributed by atoms with Crippen LogP contribution in [0.5, 0.6) is 0 Å². The normalized spacial score (nSPS) is 13.5. The van der Waals surface area contributed by atoms with E-state index in [0.29, 0.717) is 5.69 Å². The molecule has 0 aliphatic heterocycles. The second kappa shape index (κ2) is 6.02. The van der Waals surface area contributed by atoms with Crippen LogP contribution < -0.4 is 22.1 Å². The fourth-order valence-electron chi connectivity index (χ4n) is 1.33. The van der Waals surface area contributed by atoms with Crippen molar-refractivity contribution in [2.24, 2.45) is 11.5 Å². The molecule has 0 radical (unpaired) electrons. The van der Waals surface area contributed by atoms with Crippen LogP contribution in [0.2, 0.25) is 0 Å². The van der Waals surface area contributed by atoms with Crippen molar-refractivity contribution in [2.75, 3.05) is 5.32 Å². The number of anilines is 1. The molecule has 6 nitrogen and oxygen atoms in total. The van der Waals surface area contributed by atoms with Crippen LogP contribution in [-0.2, 0) is 4.79 Å². The predicted molar refractivity (Wildman–Crippen MR) is 69.9 cm³/mol. The van der Waals surface area contributed by atoms with Gasteiger partial charge in [0.05, 0.1) is 0 Å². The van der Waals surface area contributed by atoms with E-state index >= 15 is 0 Å². The number of amides is 3. The summed E-state index contributed by atoms with van der Waals surface area (Å²) in [7, 11) is 0. The summed E-state index contributed by atoms with van der Waals surface area (Å²) >= 11 is 0. The summed E-state index contributed by atoms with van der Waals surface area (Å²) in [5.74, 6) is -0.588. The minimum Gasteiger partial charge on any atom is -0.368 e. The molecule has 0 saturated heterocycles. The van der Waals surface area contributed by atoms with Crippen LogP contribution >= 0.6 is 0 Å². The largest absolute Gasteiger partial charge is 0.368 e. The molecule has 1 rings (SSSR count). The van der Waals surface area contributed by atoms with Gasteiger partial charge in [-0.3, -0.25) is 4.79 Å². The van der Waals surface area contributed by atoms with Crippen LogP contribution in [0.4, 0.5) is 10.5 Å². The third-order valence-corrected chi connectivity index (χ3v) is 2.44. The Morgan fingerprint density at radius 3 is 2.50 bits per heavy atom. The molecular weight excluding hydrogens is 232 g/mol. The molecule has 2 unspecified atom stereocenters. The smallest absolute Gasteiger partial charge is 0.319 e. The van der Waals surface area contributed by atoms with Crippen LogP contribution in [0.15, 0.2) is 24.3 Å². The molecule has 0 fully saturated rings. The molecule has 0 saturated carbocycles. The van der Waals surface area contributed by atoms with Crippen molar-refractivity contribution in [3.05, 3.63) is 29.8 Å². The molecule has 0 spiro atoms. The zero-order valence-electron chi connectivity index (χ0n) is 10.4. The lowest BCUT2D eigenvalue weighted by molar-refractivity contribution is -0.119. The Morgan fingerprint density at radius 2 is 1.94 bits per heavy atom. The second-order valence-electron chi connectivity index (χ2n) is 4.14. The summed E-state index contributed by atoms with van der Waals surface area (Å²) in [6, 6.07) is 5.87. The van der Waals surface area contributed by atoms with Gasteiger partial charge in [0.1, 0.15) is 6.04 Å². The van der Waals surface area contributed by atoms with Gasteiger partial charge in [-0.15, -0.1) is 0 Å². The molecule has 0 bridgehead atoms. The van der Waals surface area contributed by atoms with Crippen LogP contribution in [0, 0.1) is 0 Å². The van der Waals surface area contributed by atoms with E-state index in [9.17, 15) is 9.59 Å². The number of benzene rings is 1. The van der Waals surface area contributed by atoms with Gasteiger partial charge in [0.2, 0.25) is 5.91 Å². The first-order valence-electron chi connectivity index (χ1n) is 5.62. The van der Waals surface area contributed by atoms with Crippen molar-refractivity contribution >= 4 is 17.6 Å². The van der Waals surface area contributed by atoms with Crippen molar-refractivity contribution in [3.8, 4) is 0 Å². The van der Waals surface area contributed by atoms with Gasteiger partial charge in [0.25, 0.3) is 0 Å². The summed E-state index contributed by atoms with van der Waals surface area (Å²) < 4.78 is 0. The van der Waals surface area contributed by atoms with Crippen molar-refractivity contribution in [2.45, 2.75) is 25.9 Å². The molecule has 6 N–H and O–H groups in total. The lowest BCUT2D eigenvalue weighted by atomic mass is 10.1. The van der Waals surface area contributed by atoms with E-state index in [1.807, 2.05) is 13.0 Å². The standard InChI is InChI=1S/C12H18N4O2/c1-7(13)9-4-3-5-10(6-9)16-12(18)15-8(2)11(14)17/h3-8H,13H2,1-2H3,(H2,14,17)(H2,15,16,18). The van der Waals surface area contributed by atoms with Crippen molar-refractivity contribution < 1.29 is 9.59 Å². The Morgan fingerprint density at radius 1 is 1.28 bits per heavy atom. The maximum atomic E-state index is 11.5. The number of hydrogen-bond acceptors (Lipinski definition) is 3. The molecule has 98 valence electrons. The van der Waals surface area contributed by atoms with Gasteiger partial charge in [0, 0.05) is 11.7 Å². The summed E-state index contributed by atoms with van der Waals surface area (Å²) in [4.78, 5) is 22.3. The predicted octanol–water partition coefficient (Wildman–Crippen LogP) is 0.702. The van der Waals surface area contributed by atoms with Gasteiger partial charge in [-0.1, -0.05) is 12.1 Å². The molecule has 0 aliphatic carbocycles. The summed E-state index contributed by atoms with van der Waals surface area (Å²) in [6.07, 6.45) is 0. The number of urea groups is 1. The van der Waals surface area contributed by atoms with E-state index in [4.69, 9.17) is 11.5 Å². The number of primary amides is 1. The third-order valence-electron chi connectivity index (χ3n) is 2.44. The number of carbonyl (C=O) groups excluding carboxylic acids is 2. The zero-order valence-corrected chi connectivity index (χ0v) is 10.4. The minimum atomic E-state index is -0.721. The first kappa shape index (κ1) is 14.0. The molecule has 0 aliphatic rings. The fraction of sp³-hybridized carbons (Fsp3) is 0.333. The summed E-state index contributed by atoms with van der Waals surface area (Å²) in [5, 5.41) is 5.03. The first-order valence-corrected chi connectivity index (χ1v) is 5.62. The molecule has 2 atom stereocenters. The summed E-state index contributed by atoms with van der Waals surface area (Å²) in [6.45, 7) is 3.37. The van der Waals surface area contributed by atoms with Gasteiger partial charge in [-0.2, -0.15) is 0 Å². The maximum Gasteiger partial charge on any atom is 0.319 e. The van der Waals surface area contributed by atoms with E-state index in [2.05, 4.69) is 10.6 Å². The van der Waals surface area contributed by atoms with E-state index in [1.54, 1.807) is 18.2 Å². The van der Waals surface area contributed by atoms with Crippen LogP contribution in [0.3, 0.4) is 0 Å². The van der Waals surface area contributed by atoms with E-state index < -0.39 is 18.0 Å². The first-order chi connectivity index (χ1) is 8.40. The molecule has 1 aromatic carbocycles. The second-order valence-corrected chi connectivity index (χ2v) is 4.14. The lowest BCUT2D eigenvalue weighted by Crippen LogP contribution is -2.44. The number of carbonyl (C=O) groups is 2. The Hall–Kier alpha value is -2.08. The third kappa shape index (κ3) is 4.06. The Labute approximate surface area is 106 Å². The molecule has 0 aromatic heterocycles. The molecule has 6 heteroatoms. The average Bonchev–Trinajstić information content (AvgIpc) is 2.28. The van der Waals surface area contributed by atoms with Crippen LogP contribution in [0.1, 0.15) is 25.5 Å². The van der Waals surface area contributed by atoms with Gasteiger partial charge >= 0.3 is 6.03 Å². The number of nitrogens with one attached hydrogen (secondary N) is 2. The van der Waals surface area contributed by atoms with E-state index in [0.717, 1.165) is 5.56 Å². The SMILES string of the molecule is CC(NC(=O)Nc1cccc(C(C)N)c1)C(N)=O. The molecule has 18 heavy (non-hydrogen) atoms. The minimum absolute atomic E-state index is 0.112. The van der Waals surface area contributed by atoms with E-state index in [1.165, 1.54) is 6.92 Å². The van der Waals surface area contributed by atoms with Gasteiger partial charge in [0.15, 0.2) is 0 Å². The Bertz CT molecular complexity index is 445. The molecular formula is C12H18N4O2. The lowest BCUT2D eigenvalue weighted by Gasteiger charge is -2.13. The van der Waals surface area contributed by atoms with Gasteiger partial charge in [-0.05, 0) is 31.5 Å². The fourth-order valence-corrected chi connectivity index (χ4v) is 1.33. The molecule has 3 amide bonds. The van der Waals surface area contributed by atoms with Gasteiger partial charge < -0.3 is 22.1 Å². The number of rotatable bonds is 4. The Kier molecular flexibility index (Phi) is 4.67. The van der Waals surface area contributed by atoms with Crippen molar-refractivity contribution in [1.82, 2.24) is 5.32 Å². The van der Waals surface area contributed by atoms with E-state index in [-0.39, 0.29) is 6.04 Å². The average molecular weight is 250 g/mol. The highest BCUT2D eigenvalue weighted by molar-refractivity contribution is 5.93. The van der Waals surface area contributed by atoms with Crippen molar-refractivity contribution in [3.63, 3.8) is 0 Å². The highest BCUT2D eigenvalue weighted by atomic mass is 16.2. The quantitative estimate of drug-likeness (QED) is 0.631. The summed E-state index contributed by atoms with van der Waals surface area (Å²) in [5.41, 5.74) is 12.3. The molecule has 1 aromatic rings. The number of hydrogen-bond donors (Lipinski definition) is 4. The van der Waals surface area contributed by atoms with Crippen LogP contribution in [-0.4, -0.2) is 18.0 Å². The van der Waals surface area contributed by atoms with Crippen molar-refractivity contribution in [1.29, 1.82) is 0 Å². The highest BCUT2D eigenvalue weighted by Gasteiger charge is 2.12. The number of nitrogens with two attached hydrogens (primary N) is 2. The monoisotopic (exact) mass is 250 g/mol. The Balaban J connectivity index is 2.64. The van der Waals surface area contributed by atoms with Gasteiger partial charge in [-0.25, -0.2) is 4.79 Å². The topological polar surface area (TPSA) is 110 Å². The molecule has 0 heterocycles. The van der Waals surface area contributed by atoms with Crippen LogP contribution in [0.25, 0.3) is 0 Å².